The zero-order valence-electron chi connectivity index (χ0n) is 16.2. The highest BCUT2D eigenvalue weighted by Gasteiger charge is 2.48. The van der Waals surface area contributed by atoms with Gasteiger partial charge in [0.1, 0.15) is 0 Å². The van der Waals surface area contributed by atoms with E-state index in [0.717, 1.165) is 11.1 Å². The van der Waals surface area contributed by atoms with Crippen LogP contribution >= 0.6 is 0 Å². The van der Waals surface area contributed by atoms with Crippen molar-refractivity contribution in [3.05, 3.63) is 47.5 Å². The van der Waals surface area contributed by atoms with E-state index in [0.29, 0.717) is 29.4 Å². The van der Waals surface area contributed by atoms with Gasteiger partial charge >= 0.3 is 0 Å². The van der Waals surface area contributed by atoms with Gasteiger partial charge in [0.15, 0.2) is 23.0 Å². The Morgan fingerprint density at radius 1 is 0.742 bits per heavy atom. The highest BCUT2D eigenvalue weighted by Crippen LogP contribution is 2.39. The van der Waals surface area contributed by atoms with E-state index in [1.165, 1.54) is 12.4 Å². The first-order valence-corrected chi connectivity index (χ1v) is 9.62. The summed E-state index contributed by atoms with van der Waals surface area (Å²) in [7, 11) is 0. The summed E-state index contributed by atoms with van der Waals surface area (Å²) in [5.74, 6) is 1.16. The Balaban J connectivity index is 1.08. The molecule has 0 bridgehead atoms. The van der Waals surface area contributed by atoms with Crippen molar-refractivity contribution in [2.24, 2.45) is 22.0 Å². The van der Waals surface area contributed by atoms with E-state index >= 15 is 0 Å². The molecule has 2 aromatic rings. The van der Waals surface area contributed by atoms with Crippen LogP contribution in [0.15, 0.2) is 46.6 Å². The highest BCUT2D eigenvalue weighted by atomic mass is 16.7. The van der Waals surface area contributed by atoms with Gasteiger partial charge in [0, 0.05) is 0 Å². The number of hydrazone groups is 2. The van der Waals surface area contributed by atoms with Crippen LogP contribution in [-0.2, 0) is 9.59 Å². The molecule has 31 heavy (non-hydrogen) atoms. The lowest BCUT2D eigenvalue weighted by molar-refractivity contribution is -0.127. The van der Waals surface area contributed by atoms with Gasteiger partial charge in [-0.2, -0.15) is 10.2 Å². The predicted octanol–water partition coefficient (Wildman–Crippen LogP) is 1.38. The van der Waals surface area contributed by atoms with Crippen LogP contribution in [0.25, 0.3) is 0 Å². The molecule has 2 aliphatic heterocycles. The zero-order valence-corrected chi connectivity index (χ0v) is 16.2. The lowest BCUT2D eigenvalue weighted by atomic mass is 10.2. The number of carbonyl (C=O) groups is 2. The maximum Gasteiger partial charge on any atom is 0.244 e. The molecule has 1 aliphatic carbocycles. The van der Waals surface area contributed by atoms with E-state index in [-0.39, 0.29) is 25.4 Å². The first-order valence-electron chi connectivity index (χ1n) is 9.62. The van der Waals surface area contributed by atoms with Crippen molar-refractivity contribution < 1.29 is 28.5 Å². The molecule has 0 radical (unpaired) electrons. The molecule has 10 heteroatoms. The van der Waals surface area contributed by atoms with Gasteiger partial charge in [-0.3, -0.25) is 9.59 Å². The van der Waals surface area contributed by atoms with E-state index in [9.17, 15) is 9.59 Å². The fourth-order valence-corrected chi connectivity index (χ4v) is 3.27. The molecular weight excluding hydrogens is 404 g/mol. The summed E-state index contributed by atoms with van der Waals surface area (Å²) in [5.41, 5.74) is 6.45. The lowest BCUT2D eigenvalue weighted by Gasteiger charge is -2.01. The van der Waals surface area contributed by atoms with E-state index in [1.807, 2.05) is 0 Å². The smallest absolute Gasteiger partial charge is 0.244 e. The monoisotopic (exact) mass is 422 g/mol. The first kappa shape index (κ1) is 18.9. The molecule has 10 nitrogen and oxygen atoms in total. The molecule has 5 rings (SSSR count). The third-order valence-corrected chi connectivity index (χ3v) is 5.03. The van der Waals surface area contributed by atoms with Crippen molar-refractivity contribution in [1.29, 1.82) is 0 Å². The molecule has 0 aromatic heterocycles. The minimum Gasteiger partial charge on any atom is -0.454 e. The lowest BCUT2D eigenvalue weighted by Crippen LogP contribution is -2.25. The van der Waals surface area contributed by atoms with Crippen molar-refractivity contribution >= 4 is 24.2 Å². The molecule has 1 saturated carbocycles. The van der Waals surface area contributed by atoms with Crippen LogP contribution in [0.5, 0.6) is 23.0 Å². The summed E-state index contributed by atoms with van der Waals surface area (Å²) in [5, 5.41) is 7.90. The summed E-state index contributed by atoms with van der Waals surface area (Å²) < 4.78 is 21.1. The number of rotatable bonds is 6. The molecule has 3 aliphatic rings. The number of amides is 2. The fraction of sp³-hybridized carbons (Fsp3) is 0.238. The second-order valence-corrected chi connectivity index (χ2v) is 7.14. The SMILES string of the molecule is O=C(NN=Cc1ccc2c(c1)OCO2)[C@H]1C[C@@H]1C(=O)NN=Cc1ccc2c(c1)OCO2. The molecule has 2 atom stereocenters. The van der Waals surface area contributed by atoms with E-state index in [1.54, 1.807) is 36.4 Å². The largest absolute Gasteiger partial charge is 0.454 e. The molecule has 0 spiro atoms. The average molecular weight is 422 g/mol. The van der Waals surface area contributed by atoms with Crippen molar-refractivity contribution in [1.82, 2.24) is 10.9 Å². The molecule has 2 amide bonds. The van der Waals surface area contributed by atoms with Gasteiger partial charge in [-0.1, -0.05) is 0 Å². The van der Waals surface area contributed by atoms with Gasteiger partial charge in [0.2, 0.25) is 25.4 Å². The van der Waals surface area contributed by atoms with Gasteiger partial charge in [-0.25, -0.2) is 10.9 Å². The molecule has 1 fully saturated rings. The molecule has 158 valence electrons. The summed E-state index contributed by atoms with van der Waals surface area (Å²) in [6.07, 6.45) is 3.47. The molecule has 2 heterocycles. The van der Waals surface area contributed by atoms with E-state index in [4.69, 9.17) is 18.9 Å². The van der Waals surface area contributed by atoms with E-state index < -0.39 is 11.8 Å². The quantitative estimate of drug-likeness (QED) is 0.536. The Morgan fingerprint density at radius 3 is 1.68 bits per heavy atom. The van der Waals surface area contributed by atoms with Gasteiger partial charge in [-0.05, 0) is 53.9 Å². The Labute approximate surface area is 176 Å². The van der Waals surface area contributed by atoms with Crippen LogP contribution in [0, 0.1) is 11.8 Å². The second-order valence-electron chi connectivity index (χ2n) is 7.14. The van der Waals surface area contributed by atoms with Gasteiger partial charge in [0.05, 0.1) is 24.3 Å². The minimum absolute atomic E-state index is 0.193. The summed E-state index contributed by atoms with van der Waals surface area (Å²) >= 11 is 0. The number of hydrogen-bond acceptors (Lipinski definition) is 8. The standard InChI is InChI=1S/C21H18N4O6/c26-20(24-22-8-12-1-3-16-18(5-12)30-10-28-16)14-7-15(14)21(27)25-23-9-13-2-4-17-19(6-13)31-11-29-17/h1-6,8-9,14-15H,7,10-11H2,(H,24,26)(H,25,27)/t14-,15-/m0/s1. The number of ether oxygens (including phenoxy) is 4. The Bertz CT molecular complexity index is 1010. The van der Waals surface area contributed by atoms with Gasteiger partial charge < -0.3 is 18.9 Å². The maximum absolute atomic E-state index is 12.2. The summed E-state index contributed by atoms with van der Waals surface area (Å²) in [6, 6.07) is 10.7. The molecular formula is C21H18N4O6. The van der Waals surface area contributed by atoms with Crippen molar-refractivity contribution in [2.75, 3.05) is 13.6 Å². The second kappa shape index (κ2) is 7.98. The molecule has 0 unspecified atom stereocenters. The molecule has 2 aromatic carbocycles. The zero-order chi connectivity index (χ0) is 21.2. The van der Waals surface area contributed by atoms with Crippen LogP contribution in [0.2, 0.25) is 0 Å². The third-order valence-electron chi connectivity index (χ3n) is 5.03. The number of fused-ring (bicyclic) bond motifs is 2. The van der Waals surface area contributed by atoms with Crippen molar-refractivity contribution in [3.8, 4) is 23.0 Å². The van der Waals surface area contributed by atoms with Gasteiger partial charge in [0.25, 0.3) is 0 Å². The fourth-order valence-electron chi connectivity index (χ4n) is 3.27. The predicted molar refractivity (Wildman–Crippen MR) is 108 cm³/mol. The van der Waals surface area contributed by atoms with Gasteiger partial charge in [-0.15, -0.1) is 0 Å². The maximum atomic E-state index is 12.2. The van der Waals surface area contributed by atoms with Crippen LogP contribution < -0.4 is 29.8 Å². The number of nitrogens with zero attached hydrogens (tertiary/aromatic N) is 2. The van der Waals surface area contributed by atoms with E-state index in [2.05, 4.69) is 21.1 Å². The Kier molecular flexibility index (Phi) is 4.87. The number of benzene rings is 2. The highest BCUT2D eigenvalue weighted by molar-refractivity contribution is 5.93. The molecule has 2 N–H and O–H groups in total. The average Bonchev–Trinajstić information content (AvgIpc) is 3.21. The van der Waals surface area contributed by atoms with Crippen LogP contribution in [0.1, 0.15) is 17.5 Å². The minimum atomic E-state index is -0.422. The Hall–Kier alpha value is -4.08. The number of hydrogen-bond donors (Lipinski definition) is 2. The summed E-state index contributed by atoms with van der Waals surface area (Å²) in [4.78, 5) is 24.4. The number of nitrogens with one attached hydrogen (secondary N) is 2. The van der Waals surface area contributed by atoms with Crippen LogP contribution in [0.3, 0.4) is 0 Å². The topological polar surface area (TPSA) is 120 Å². The van der Waals surface area contributed by atoms with Crippen molar-refractivity contribution in [2.45, 2.75) is 6.42 Å². The first-order chi connectivity index (χ1) is 15.2. The number of carbonyl (C=O) groups excluding carboxylic acids is 2. The van der Waals surface area contributed by atoms with Crippen LogP contribution in [-0.4, -0.2) is 37.8 Å². The van der Waals surface area contributed by atoms with Crippen molar-refractivity contribution in [3.63, 3.8) is 0 Å². The third kappa shape index (κ3) is 4.13. The molecule has 0 saturated heterocycles. The summed E-state index contributed by atoms with van der Waals surface area (Å²) in [6.45, 7) is 0.386. The Morgan fingerprint density at radius 2 is 1.19 bits per heavy atom. The van der Waals surface area contributed by atoms with Crippen LogP contribution in [0.4, 0.5) is 0 Å². The normalized spacial score (nSPS) is 20.3.